The molecule has 0 fully saturated rings. The number of amides is 1. The molecule has 2 rings (SSSR count). The van der Waals surface area contributed by atoms with Gasteiger partial charge in [-0.05, 0) is 25.0 Å². The Labute approximate surface area is 141 Å². The van der Waals surface area contributed by atoms with Gasteiger partial charge in [0.1, 0.15) is 17.5 Å². The summed E-state index contributed by atoms with van der Waals surface area (Å²) in [7, 11) is 0. The first-order chi connectivity index (χ1) is 11.0. The predicted molar refractivity (Wildman–Crippen MR) is 91.8 cm³/mol. The van der Waals surface area contributed by atoms with Crippen LogP contribution in [0, 0.1) is 0 Å². The van der Waals surface area contributed by atoms with Crippen molar-refractivity contribution in [1.29, 1.82) is 0 Å². The van der Waals surface area contributed by atoms with Gasteiger partial charge >= 0.3 is 6.09 Å². The summed E-state index contributed by atoms with van der Waals surface area (Å²) in [5.74, 6) is 1.25. The maximum atomic E-state index is 10.7. The number of hydrogen-bond donors (Lipinski definition) is 1. The first-order valence-corrected chi connectivity index (χ1v) is 8.59. The highest BCUT2D eigenvalue weighted by Crippen LogP contribution is 2.34. The van der Waals surface area contributed by atoms with Crippen LogP contribution in [0.15, 0.2) is 40.3 Å². The lowest BCUT2D eigenvalue weighted by Crippen LogP contribution is -2.16. The number of primary amides is 1. The van der Waals surface area contributed by atoms with Gasteiger partial charge in [-0.1, -0.05) is 43.8 Å². The molecule has 0 atom stereocenters. The quantitative estimate of drug-likeness (QED) is 0.836. The predicted octanol–water partition coefficient (Wildman–Crippen LogP) is 3.82. The summed E-state index contributed by atoms with van der Waals surface area (Å²) in [6, 6.07) is 10.3. The third-order valence-corrected chi connectivity index (χ3v) is 4.55. The van der Waals surface area contributed by atoms with Crippen molar-refractivity contribution in [3.05, 3.63) is 41.9 Å². The highest BCUT2D eigenvalue weighted by atomic mass is 32.2. The van der Waals surface area contributed by atoms with Gasteiger partial charge in [-0.2, -0.15) is 0 Å². The zero-order valence-corrected chi connectivity index (χ0v) is 14.6. The fourth-order valence-corrected chi connectivity index (χ4v) is 3.59. The van der Waals surface area contributed by atoms with Gasteiger partial charge in [0.05, 0.1) is 5.69 Å². The number of carbonyl (C=O) groups excluding carboxylic acids is 1. The molecule has 6 heteroatoms. The van der Waals surface area contributed by atoms with Crippen molar-refractivity contribution in [2.75, 3.05) is 6.61 Å². The summed E-state index contributed by atoms with van der Waals surface area (Å²) in [4.78, 5) is 16.7. The van der Waals surface area contributed by atoms with Crippen LogP contribution in [0.5, 0.6) is 0 Å². The standard InChI is InChI=1S/C17H23N3O2S/c1-4-20-14(10-11-22-17(18)21)19-15(12(2)3)16(20)23-13-8-6-5-7-9-13/h5-9,12H,4,10-11H2,1-3H3,(H2,18,21). The number of nitrogens with two attached hydrogens (primary N) is 1. The van der Waals surface area contributed by atoms with E-state index in [-0.39, 0.29) is 6.61 Å². The lowest BCUT2D eigenvalue weighted by molar-refractivity contribution is 0.157. The van der Waals surface area contributed by atoms with Crippen molar-refractivity contribution >= 4 is 17.9 Å². The molecular formula is C17H23N3O2S. The van der Waals surface area contributed by atoms with Gasteiger partial charge in [0.15, 0.2) is 0 Å². The second-order valence-electron chi connectivity index (χ2n) is 5.45. The molecule has 0 aliphatic heterocycles. The van der Waals surface area contributed by atoms with E-state index in [1.807, 2.05) is 18.2 Å². The molecular weight excluding hydrogens is 310 g/mol. The number of nitrogens with zero attached hydrogens (tertiary/aromatic N) is 2. The van der Waals surface area contributed by atoms with Gasteiger partial charge in [0.25, 0.3) is 0 Å². The lowest BCUT2D eigenvalue weighted by Gasteiger charge is -2.11. The van der Waals surface area contributed by atoms with Crippen molar-refractivity contribution in [2.45, 2.75) is 49.6 Å². The normalized spacial score (nSPS) is 11.0. The van der Waals surface area contributed by atoms with Gasteiger partial charge in [-0.25, -0.2) is 9.78 Å². The second kappa shape index (κ2) is 8.06. The summed E-state index contributed by atoms with van der Waals surface area (Å²) >= 11 is 1.72. The smallest absolute Gasteiger partial charge is 0.404 e. The molecule has 124 valence electrons. The van der Waals surface area contributed by atoms with Gasteiger partial charge in [0, 0.05) is 17.9 Å². The Morgan fingerprint density at radius 2 is 2.04 bits per heavy atom. The van der Waals surface area contributed by atoms with Crippen LogP contribution in [0.25, 0.3) is 0 Å². The summed E-state index contributed by atoms with van der Waals surface area (Å²) in [6.07, 6.45) is -0.186. The lowest BCUT2D eigenvalue weighted by atomic mass is 10.1. The van der Waals surface area contributed by atoms with Crippen LogP contribution in [0.2, 0.25) is 0 Å². The average molecular weight is 333 g/mol. The van der Waals surface area contributed by atoms with Crippen LogP contribution >= 0.6 is 11.8 Å². The van der Waals surface area contributed by atoms with Crippen molar-refractivity contribution in [3.63, 3.8) is 0 Å². The first kappa shape index (κ1) is 17.4. The van der Waals surface area contributed by atoms with Crippen molar-refractivity contribution in [1.82, 2.24) is 9.55 Å². The zero-order chi connectivity index (χ0) is 16.8. The van der Waals surface area contributed by atoms with E-state index in [9.17, 15) is 4.79 Å². The molecule has 0 saturated carbocycles. The number of benzene rings is 1. The van der Waals surface area contributed by atoms with Crippen LogP contribution in [-0.4, -0.2) is 22.3 Å². The monoisotopic (exact) mass is 333 g/mol. The van der Waals surface area contributed by atoms with Gasteiger partial charge in [-0.15, -0.1) is 0 Å². The Morgan fingerprint density at radius 1 is 1.35 bits per heavy atom. The minimum atomic E-state index is -0.748. The maximum absolute atomic E-state index is 10.7. The minimum absolute atomic E-state index is 0.249. The molecule has 1 aromatic heterocycles. The minimum Gasteiger partial charge on any atom is -0.449 e. The number of hydrogen-bond acceptors (Lipinski definition) is 4. The largest absolute Gasteiger partial charge is 0.449 e. The molecule has 0 unspecified atom stereocenters. The summed E-state index contributed by atoms with van der Waals surface area (Å²) in [6.45, 7) is 7.45. The van der Waals surface area contributed by atoms with E-state index in [0.29, 0.717) is 12.3 Å². The van der Waals surface area contributed by atoms with Crippen LogP contribution in [0.3, 0.4) is 0 Å². The van der Waals surface area contributed by atoms with Crippen molar-refractivity contribution in [2.24, 2.45) is 5.73 Å². The van der Waals surface area contributed by atoms with Crippen molar-refractivity contribution in [3.8, 4) is 0 Å². The highest BCUT2D eigenvalue weighted by Gasteiger charge is 2.19. The van der Waals surface area contributed by atoms with E-state index < -0.39 is 6.09 Å². The Morgan fingerprint density at radius 3 is 2.61 bits per heavy atom. The Kier molecular flexibility index (Phi) is 6.10. The number of ether oxygens (including phenoxy) is 1. The summed E-state index contributed by atoms with van der Waals surface area (Å²) < 4.78 is 7.04. The molecule has 0 saturated heterocycles. The molecule has 0 aliphatic carbocycles. The van der Waals surface area contributed by atoms with Crippen LogP contribution < -0.4 is 5.73 Å². The van der Waals surface area contributed by atoms with Crippen molar-refractivity contribution < 1.29 is 9.53 Å². The van der Waals surface area contributed by atoms with E-state index in [4.69, 9.17) is 15.5 Å². The highest BCUT2D eigenvalue weighted by molar-refractivity contribution is 7.99. The van der Waals surface area contributed by atoms with Gasteiger partial charge in [-0.3, -0.25) is 0 Å². The third kappa shape index (κ3) is 4.51. The third-order valence-electron chi connectivity index (χ3n) is 3.42. The van der Waals surface area contributed by atoms with Gasteiger partial charge in [0.2, 0.25) is 0 Å². The molecule has 5 nitrogen and oxygen atoms in total. The maximum Gasteiger partial charge on any atom is 0.404 e. The molecule has 0 bridgehead atoms. The number of imidazole rings is 1. The molecule has 1 aromatic carbocycles. The SMILES string of the molecule is CCn1c(CCOC(N)=O)nc(C(C)C)c1Sc1ccccc1. The van der Waals surface area contributed by atoms with E-state index in [0.717, 1.165) is 23.1 Å². The van der Waals surface area contributed by atoms with Gasteiger partial charge < -0.3 is 15.0 Å². The number of carbonyl (C=O) groups is 1. The Bertz CT molecular complexity index is 653. The molecule has 2 N–H and O–H groups in total. The topological polar surface area (TPSA) is 70.1 Å². The van der Waals surface area contributed by atoms with E-state index in [1.165, 1.54) is 4.90 Å². The molecule has 1 heterocycles. The fraction of sp³-hybridized carbons (Fsp3) is 0.412. The van der Waals surface area contributed by atoms with E-state index >= 15 is 0 Å². The van der Waals surface area contributed by atoms with Crippen LogP contribution in [0.4, 0.5) is 4.79 Å². The molecule has 0 radical (unpaired) electrons. The first-order valence-electron chi connectivity index (χ1n) is 7.77. The Balaban J connectivity index is 2.30. The molecule has 0 spiro atoms. The average Bonchev–Trinajstić information content (AvgIpc) is 2.86. The summed E-state index contributed by atoms with van der Waals surface area (Å²) in [5.41, 5.74) is 6.10. The molecule has 0 aliphatic rings. The molecule has 23 heavy (non-hydrogen) atoms. The molecule has 2 aromatic rings. The zero-order valence-electron chi connectivity index (χ0n) is 13.8. The number of aromatic nitrogens is 2. The fourth-order valence-electron chi connectivity index (χ4n) is 2.35. The Hall–Kier alpha value is -1.95. The molecule has 1 amide bonds. The second-order valence-corrected chi connectivity index (χ2v) is 6.51. The summed E-state index contributed by atoms with van der Waals surface area (Å²) in [5, 5.41) is 1.16. The van der Waals surface area contributed by atoms with E-state index in [2.05, 4.69) is 37.5 Å². The number of rotatable bonds is 7. The van der Waals surface area contributed by atoms with Crippen LogP contribution in [0.1, 0.15) is 38.2 Å². The van der Waals surface area contributed by atoms with E-state index in [1.54, 1.807) is 11.8 Å². The van der Waals surface area contributed by atoms with Crippen LogP contribution in [-0.2, 0) is 17.7 Å².